The maximum absolute atomic E-state index is 12.5. The minimum absolute atomic E-state index is 0.125. The van der Waals surface area contributed by atoms with Crippen molar-refractivity contribution in [2.45, 2.75) is 6.42 Å². The molecule has 1 unspecified atom stereocenters. The van der Waals surface area contributed by atoms with Gasteiger partial charge in [0, 0.05) is 44.2 Å². The van der Waals surface area contributed by atoms with Crippen molar-refractivity contribution in [3.8, 4) is 5.75 Å². The van der Waals surface area contributed by atoms with Gasteiger partial charge in [-0.1, -0.05) is 0 Å². The van der Waals surface area contributed by atoms with Gasteiger partial charge in [-0.05, 0) is 37.2 Å². The smallest absolute Gasteiger partial charge is 0.167 e. The molecular weight excluding hydrogens is 252 g/mol. The third-order valence-electron chi connectivity index (χ3n) is 4.49. The molecule has 4 nitrogen and oxygen atoms in total. The second-order valence-corrected chi connectivity index (χ2v) is 5.89. The van der Waals surface area contributed by atoms with Crippen molar-refractivity contribution in [1.29, 1.82) is 0 Å². The molecule has 20 heavy (non-hydrogen) atoms. The number of carbonyl (C=O) groups is 1. The number of rotatable bonds is 3. The van der Waals surface area contributed by atoms with Crippen LogP contribution in [-0.4, -0.2) is 62.5 Å². The summed E-state index contributed by atoms with van der Waals surface area (Å²) in [4.78, 5) is 17.2. The van der Waals surface area contributed by atoms with Crippen molar-refractivity contribution in [3.05, 3.63) is 29.3 Å². The zero-order chi connectivity index (χ0) is 14.1. The molecule has 108 valence electrons. The maximum Gasteiger partial charge on any atom is 0.167 e. The molecule has 1 atom stereocenters. The predicted molar refractivity (Wildman–Crippen MR) is 78.5 cm³/mol. The Morgan fingerprint density at radius 2 is 2.00 bits per heavy atom. The molecule has 0 N–H and O–H groups in total. The fraction of sp³-hybridized carbons (Fsp3) is 0.562. The summed E-state index contributed by atoms with van der Waals surface area (Å²) >= 11 is 0. The minimum Gasteiger partial charge on any atom is -0.497 e. The molecule has 0 amide bonds. The van der Waals surface area contributed by atoms with Gasteiger partial charge in [0.1, 0.15) is 5.75 Å². The summed E-state index contributed by atoms with van der Waals surface area (Å²) in [6.07, 6.45) is 0.859. The van der Waals surface area contributed by atoms with E-state index in [4.69, 9.17) is 4.74 Å². The highest BCUT2D eigenvalue weighted by atomic mass is 16.5. The lowest BCUT2D eigenvalue weighted by molar-refractivity contribution is 0.0859. The van der Waals surface area contributed by atoms with Gasteiger partial charge in [0.25, 0.3) is 0 Å². The van der Waals surface area contributed by atoms with Crippen molar-refractivity contribution in [3.63, 3.8) is 0 Å². The second-order valence-electron chi connectivity index (χ2n) is 5.89. The first-order valence-electron chi connectivity index (χ1n) is 7.29. The number of carbonyl (C=O) groups excluding carboxylic acids is 1. The molecule has 0 spiro atoms. The van der Waals surface area contributed by atoms with Crippen molar-refractivity contribution in [1.82, 2.24) is 9.80 Å². The predicted octanol–water partition coefficient (Wildman–Crippen LogP) is 1.30. The summed E-state index contributed by atoms with van der Waals surface area (Å²) in [7, 11) is 3.82. The van der Waals surface area contributed by atoms with Gasteiger partial charge in [0.2, 0.25) is 0 Å². The van der Waals surface area contributed by atoms with Gasteiger partial charge in [0.15, 0.2) is 5.78 Å². The van der Waals surface area contributed by atoms with Crippen LogP contribution in [0.25, 0.3) is 0 Å². The van der Waals surface area contributed by atoms with E-state index in [9.17, 15) is 4.79 Å². The lowest BCUT2D eigenvalue weighted by Crippen LogP contribution is -2.46. The van der Waals surface area contributed by atoms with Crippen molar-refractivity contribution >= 4 is 5.78 Å². The van der Waals surface area contributed by atoms with Crippen LogP contribution in [0.5, 0.6) is 5.75 Å². The fourth-order valence-corrected chi connectivity index (χ4v) is 3.17. The van der Waals surface area contributed by atoms with Gasteiger partial charge < -0.3 is 14.5 Å². The van der Waals surface area contributed by atoms with Gasteiger partial charge in [-0.2, -0.15) is 0 Å². The molecule has 1 aromatic carbocycles. The number of Topliss-reactive ketones (excluding diaryl/α,β-unsaturated/α-hetero) is 1. The lowest BCUT2D eigenvalue weighted by Gasteiger charge is -2.33. The van der Waals surface area contributed by atoms with Crippen LogP contribution < -0.4 is 4.74 Å². The van der Waals surface area contributed by atoms with Crippen molar-refractivity contribution in [2.75, 3.05) is 46.9 Å². The molecular formula is C16H22N2O2. The maximum atomic E-state index is 12.5. The highest BCUT2D eigenvalue weighted by molar-refractivity contribution is 6.02. The number of likely N-dealkylation sites (N-methyl/N-ethyl adjacent to an activating group) is 1. The average Bonchev–Trinajstić information content (AvgIpc) is 2.77. The Bertz CT molecular complexity index is 507. The normalized spacial score (nSPS) is 23.9. The highest BCUT2D eigenvalue weighted by Gasteiger charge is 2.32. The van der Waals surface area contributed by atoms with Crippen LogP contribution in [0.3, 0.4) is 0 Å². The quantitative estimate of drug-likeness (QED) is 0.832. The van der Waals surface area contributed by atoms with E-state index < -0.39 is 0 Å². The van der Waals surface area contributed by atoms with E-state index in [1.165, 1.54) is 0 Å². The first-order chi connectivity index (χ1) is 9.67. The third kappa shape index (κ3) is 2.58. The number of piperazine rings is 1. The van der Waals surface area contributed by atoms with E-state index in [1.54, 1.807) is 7.11 Å². The summed E-state index contributed by atoms with van der Waals surface area (Å²) in [5.41, 5.74) is 2.04. The monoisotopic (exact) mass is 274 g/mol. The van der Waals surface area contributed by atoms with Crippen molar-refractivity contribution < 1.29 is 9.53 Å². The van der Waals surface area contributed by atoms with Gasteiger partial charge in [0.05, 0.1) is 7.11 Å². The summed E-state index contributed by atoms with van der Waals surface area (Å²) in [5.74, 6) is 1.28. The molecule has 1 heterocycles. The van der Waals surface area contributed by atoms with Crippen LogP contribution in [0.15, 0.2) is 18.2 Å². The average molecular weight is 274 g/mol. The molecule has 1 aliphatic heterocycles. The Hall–Kier alpha value is -1.39. The topological polar surface area (TPSA) is 32.8 Å². The number of ketones is 1. The Morgan fingerprint density at radius 1 is 1.25 bits per heavy atom. The standard InChI is InChI=1S/C16H22N2O2/c1-17-5-7-18(8-6-17)11-13-9-12-10-14(20-2)3-4-15(12)16(13)19/h3-4,10,13H,5-9,11H2,1-2H3. The van der Waals surface area contributed by atoms with Gasteiger partial charge in [-0.3, -0.25) is 4.79 Å². The number of fused-ring (bicyclic) bond motifs is 1. The Morgan fingerprint density at radius 3 is 2.70 bits per heavy atom. The van der Waals surface area contributed by atoms with Crippen LogP contribution in [-0.2, 0) is 6.42 Å². The van der Waals surface area contributed by atoms with E-state index in [1.807, 2.05) is 18.2 Å². The van der Waals surface area contributed by atoms with Gasteiger partial charge in [-0.15, -0.1) is 0 Å². The number of hydrogen-bond donors (Lipinski definition) is 0. The van der Waals surface area contributed by atoms with Gasteiger partial charge >= 0.3 is 0 Å². The minimum atomic E-state index is 0.125. The third-order valence-corrected chi connectivity index (χ3v) is 4.49. The van der Waals surface area contributed by atoms with Crippen LogP contribution in [0.4, 0.5) is 0 Å². The molecule has 0 bridgehead atoms. The zero-order valence-corrected chi connectivity index (χ0v) is 12.3. The summed E-state index contributed by atoms with van der Waals surface area (Å²) in [6, 6.07) is 5.81. The number of benzene rings is 1. The van der Waals surface area contributed by atoms with E-state index >= 15 is 0 Å². The Kier molecular flexibility index (Phi) is 3.76. The van der Waals surface area contributed by atoms with E-state index in [2.05, 4.69) is 16.8 Å². The number of methoxy groups -OCH3 is 1. The highest BCUT2D eigenvalue weighted by Crippen LogP contribution is 2.30. The van der Waals surface area contributed by atoms with Gasteiger partial charge in [-0.25, -0.2) is 0 Å². The molecule has 0 aromatic heterocycles. The van der Waals surface area contributed by atoms with Crippen LogP contribution in [0.1, 0.15) is 15.9 Å². The molecule has 0 radical (unpaired) electrons. The number of hydrogen-bond acceptors (Lipinski definition) is 4. The van der Waals surface area contributed by atoms with E-state index in [0.717, 1.165) is 56.0 Å². The SMILES string of the molecule is COc1ccc2c(c1)CC(CN1CCN(C)CC1)C2=O. The van der Waals surface area contributed by atoms with Crippen LogP contribution in [0, 0.1) is 5.92 Å². The largest absolute Gasteiger partial charge is 0.497 e. The summed E-state index contributed by atoms with van der Waals surface area (Å²) < 4.78 is 5.24. The zero-order valence-electron chi connectivity index (χ0n) is 12.3. The molecule has 4 heteroatoms. The molecule has 1 aromatic rings. The first-order valence-corrected chi connectivity index (χ1v) is 7.29. The van der Waals surface area contributed by atoms with Crippen LogP contribution >= 0.6 is 0 Å². The number of ether oxygens (including phenoxy) is 1. The fourth-order valence-electron chi connectivity index (χ4n) is 3.17. The molecule has 1 aliphatic carbocycles. The first kappa shape index (κ1) is 13.6. The Balaban J connectivity index is 1.67. The summed E-state index contributed by atoms with van der Waals surface area (Å²) in [6.45, 7) is 5.23. The second kappa shape index (κ2) is 5.54. The Labute approximate surface area is 120 Å². The lowest BCUT2D eigenvalue weighted by atomic mass is 10.0. The van der Waals surface area contributed by atoms with Crippen molar-refractivity contribution in [2.24, 2.45) is 5.92 Å². The molecule has 0 saturated carbocycles. The molecule has 2 aliphatic rings. The molecule has 3 rings (SSSR count). The van der Waals surface area contributed by atoms with Crippen LogP contribution in [0.2, 0.25) is 0 Å². The molecule has 1 fully saturated rings. The van der Waals surface area contributed by atoms with E-state index in [0.29, 0.717) is 5.78 Å². The summed E-state index contributed by atoms with van der Waals surface area (Å²) in [5, 5.41) is 0. The van der Waals surface area contributed by atoms with E-state index in [-0.39, 0.29) is 5.92 Å². The number of nitrogens with zero attached hydrogens (tertiary/aromatic N) is 2. The molecule has 1 saturated heterocycles.